The summed E-state index contributed by atoms with van der Waals surface area (Å²) in [6, 6.07) is 23.4. The van der Waals surface area contributed by atoms with Crippen molar-refractivity contribution in [3.8, 4) is 5.75 Å². The Bertz CT molecular complexity index is 1300. The van der Waals surface area contributed by atoms with Crippen LogP contribution in [0, 0.1) is 0 Å². The van der Waals surface area contributed by atoms with Crippen molar-refractivity contribution < 1.29 is 9.53 Å². The molecule has 1 amide bonds. The SMILES string of the molecule is COc1cccc(CNC(=O)Cc2cc(=O)[nH]c(SCc3ccc4ccccc4c3)n2)c1. The van der Waals surface area contributed by atoms with Crippen molar-refractivity contribution in [3.63, 3.8) is 0 Å². The molecule has 3 aromatic carbocycles. The predicted octanol–water partition coefficient (Wildman–Crippen LogP) is 4.08. The van der Waals surface area contributed by atoms with Gasteiger partial charge in [-0.2, -0.15) is 0 Å². The molecule has 2 N–H and O–H groups in total. The van der Waals surface area contributed by atoms with E-state index in [0.29, 0.717) is 23.1 Å². The quantitative estimate of drug-likeness (QED) is 0.315. The lowest BCUT2D eigenvalue weighted by atomic mass is 10.1. The summed E-state index contributed by atoms with van der Waals surface area (Å²) < 4.78 is 5.20. The number of hydrogen-bond donors (Lipinski definition) is 2. The summed E-state index contributed by atoms with van der Waals surface area (Å²) in [7, 11) is 1.60. The number of methoxy groups -OCH3 is 1. The van der Waals surface area contributed by atoms with Gasteiger partial charge in [0.1, 0.15) is 5.75 Å². The van der Waals surface area contributed by atoms with E-state index in [1.54, 1.807) is 7.11 Å². The number of amides is 1. The van der Waals surface area contributed by atoms with E-state index in [-0.39, 0.29) is 17.9 Å². The molecule has 0 radical (unpaired) electrons. The molecule has 6 nitrogen and oxygen atoms in total. The highest BCUT2D eigenvalue weighted by atomic mass is 32.2. The Morgan fingerprint density at radius 3 is 2.69 bits per heavy atom. The molecule has 0 aliphatic heterocycles. The van der Waals surface area contributed by atoms with E-state index >= 15 is 0 Å². The van der Waals surface area contributed by atoms with Crippen LogP contribution in [0.2, 0.25) is 0 Å². The minimum Gasteiger partial charge on any atom is -0.497 e. The van der Waals surface area contributed by atoms with E-state index in [1.165, 1.54) is 28.6 Å². The molecule has 4 rings (SSSR count). The number of ether oxygens (including phenoxy) is 1. The van der Waals surface area contributed by atoms with Gasteiger partial charge in [-0.05, 0) is 34.0 Å². The predicted molar refractivity (Wildman–Crippen MR) is 127 cm³/mol. The van der Waals surface area contributed by atoms with Crippen molar-refractivity contribution >= 4 is 28.4 Å². The number of thioether (sulfide) groups is 1. The zero-order valence-corrected chi connectivity index (χ0v) is 18.4. The summed E-state index contributed by atoms with van der Waals surface area (Å²) in [6.07, 6.45) is 0.0391. The number of aromatic amines is 1. The van der Waals surface area contributed by atoms with Crippen molar-refractivity contribution in [3.05, 3.63) is 100.0 Å². The summed E-state index contributed by atoms with van der Waals surface area (Å²) >= 11 is 1.44. The standard InChI is InChI=1S/C25H23N3O3S/c1-31-22-8-4-5-17(12-22)15-26-23(29)13-21-14-24(30)28-25(27-21)32-16-18-9-10-19-6-2-3-7-20(19)11-18/h2-12,14H,13,15-16H2,1H3,(H,26,29)(H,27,28,30). The maximum atomic E-state index is 12.4. The van der Waals surface area contributed by atoms with Crippen molar-refractivity contribution in [2.24, 2.45) is 0 Å². The molecule has 0 saturated heterocycles. The van der Waals surface area contributed by atoms with E-state index in [4.69, 9.17) is 4.74 Å². The van der Waals surface area contributed by atoms with Crippen molar-refractivity contribution in [2.45, 2.75) is 23.9 Å². The van der Waals surface area contributed by atoms with Gasteiger partial charge < -0.3 is 15.0 Å². The van der Waals surface area contributed by atoms with Crippen molar-refractivity contribution in [1.82, 2.24) is 15.3 Å². The topological polar surface area (TPSA) is 84.1 Å². The molecule has 0 atom stereocenters. The number of fused-ring (bicyclic) bond motifs is 1. The summed E-state index contributed by atoms with van der Waals surface area (Å²) in [5.74, 6) is 1.21. The molecule has 1 aromatic heterocycles. The van der Waals surface area contributed by atoms with Gasteiger partial charge in [0.05, 0.1) is 19.2 Å². The average molecular weight is 446 g/mol. The van der Waals surface area contributed by atoms with Crippen LogP contribution in [-0.4, -0.2) is 23.0 Å². The first-order valence-electron chi connectivity index (χ1n) is 10.2. The van der Waals surface area contributed by atoms with Crippen LogP contribution in [0.5, 0.6) is 5.75 Å². The number of carbonyl (C=O) groups is 1. The van der Waals surface area contributed by atoms with Crippen LogP contribution in [-0.2, 0) is 23.5 Å². The third kappa shape index (κ3) is 5.76. The number of H-pyrrole nitrogens is 1. The lowest BCUT2D eigenvalue weighted by Gasteiger charge is -2.08. The molecule has 0 spiro atoms. The third-order valence-corrected chi connectivity index (χ3v) is 5.87. The van der Waals surface area contributed by atoms with Gasteiger partial charge >= 0.3 is 0 Å². The molecule has 162 valence electrons. The minimum atomic E-state index is -0.267. The van der Waals surface area contributed by atoms with Gasteiger partial charge in [0.25, 0.3) is 5.56 Å². The number of nitrogens with one attached hydrogen (secondary N) is 2. The van der Waals surface area contributed by atoms with Crippen LogP contribution < -0.4 is 15.6 Å². The zero-order chi connectivity index (χ0) is 22.3. The third-order valence-electron chi connectivity index (χ3n) is 4.93. The molecular formula is C25H23N3O3S. The highest BCUT2D eigenvalue weighted by molar-refractivity contribution is 7.98. The van der Waals surface area contributed by atoms with Crippen molar-refractivity contribution in [1.29, 1.82) is 0 Å². The lowest BCUT2D eigenvalue weighted by molar-refractivity contribution is -0.120. The van der Waals surface area contributed by atoms with Crippen LogP contribution in [0.25, 0.3) is 10.8 Å². The second-order valence-corrected chi connectivity index (χ2v) is 8.28. The first-order valence-corrected chi connectivity index (χ1v) is 11.2. The van der Waals surface area contributed by atoms with Crippen molar-refractivity contribution in [2.75, 3.05) is 7.11 Å². The number of aromatic nitrogens is 2. The Kier molecular flexibility index (Phi) is 6.87. The highest BCUT2D eigenvalue weighted by Crippen LogP contribution is 2.22. The monoisotopic (exact) mass is 445 g/mol. The molecule has 1 heterocycles. The first-order chi connectivity index (χ1) is 15.6. The largest absolute Gasteiger partial charge is 0.497 e. The van der Waals surface area contributed by atoms with E-state index < -0.39 is 0 Å². The second kappa shape index (κ2) is 10.2. The Hall–Kier alpha value is -3.58. The van der Waals surface area contributed by atoms with Gasteiger partial charge in [-0.15, -0.1) is 0 Å². The molecule has 0 aliphatic rings. The summed E-state index contributed by atoms with van der Waals surface area (Å²) in [4.78, 5) is 31.6. The van der Waals surface area contributed by atoms with Crippen LogP contribution in [0.4, 0.5) is 0 Å². The number of hydrogen-bond acceptors (Lipinski definition) is 5. The normalized spacial score (nSPS) is 10.8. The fourth-order valence-electron chi connectivity index (χ4n) is 3.33. The number of carbonyl (C=O) groups excluding carboxylic acids is 1. The molecule has 32 heavy (non-hydrogen) atoms. The Labute approximate surface area is 190 Å². The minimum absolute atomic E-state index is 0.0391. The molecule has 0 bridgehead atoms. The highest BCUT2D eigenvalue weighted by Gasteiger charge is 2.09. The number of rotatable bonds is 8. The van der Waals surface area contributed by atoms with Crippen LogP contribution in [0.1, 0.15) is 16.8 Å². The molecule has 4 aromatic rings. The maximum Gasteiger partial charge on any atom is 0.251 e. The van der Waals surface area contributed by atoms with Gasteiger partial charge in [0.2, 0.25) is 5.91 Å². The molecular weight excluding hydrogens is 422 g/mol. The fraction of sp³-hybridized carbons (Fsp3) is 0.160. The zero-order valence-electron chi connectivity index (χ0n) is 17.6. The molecule has 0 fully saturated rings. The van der Waals surface area contributed by atoms with E-state index in [1.807, 2.05) is 36.4 Å². The van der Waals surface area contributed by atoms with E-state index in [9.17, 15) is 9.59 Å². The van der Waals surface area contributed by atoms with Crippen LogP contribution in [0.3, 0.4) is 0 Å². The van der Waals surface area contributed by atoms with Gasteiger partial charge in [-0.25, -0.2) is 4.98 Å². The lowest BCUT2D eigenvalue weighted by Crippen LogP contribution is -2.25. The second-order valence-electron chi connectivity index (χ2n) is 7.32. The number of nitrogens with zero attached hydrogens (tertiary/aromatic N) is 1. The van der Waals surface area contributed by atoms with Gasteiger partial charge in [0, 0.05) is 18.4 Å². The summed E-state index contributed by atoms with van der Waals surface area (Å²) in [6.45, 7) is 0.378. The van der Waals surface area contributed by atoms with Gasteiger partial charge in [-0.3, -0.25) is 9.59 Å². The average Bonchev–Trinajstić information content (AvgIpc) is 2.81. The maximum absolute atomic E-state index is 12.4. The smallest absolute Gasteiger partial charge is 0.251 e. The van der Waals surface area contributed by atoms with Gasteiger partial charge in [-0.1, -0.05) is 66.4 Å². The summed E-state index contributed by atoms with van der Waals surface area (Å²) in [5.41, 5.74) is 2.25. The summed E-state index contributed by atoms with van der Waals surface area (Å²) in [5, 5.41) is 5.72. The molecule has 0 unspecified atom stereocenters. The van der Waals surface area contributed by atoms with Crippen LogP contribution in [0.15, 0.2) is 82.7 Å². The molecule has 0 saturated carbocycles. The fourth-order valence-corrected chi connectivity index (χ4v) is 4.17. The number of benzene rings is 3. The first kappa shape index (κ1) is 21.6. The van der Waals surface area contributed by atoms with E-state index in [2.05, 4.69) is 45.6 Å². The Morgan fingerprint density at radius 1 is 1.00 bits per heavy atom. The Balaban J connectivity index is 1.37. The van der Waals surface area contributed by atoms with Crippen LogP contribution >= 0.6 is 11.8 Å². The molecule has 7 heteroatoms. The van der Waals surface area contributed by atoms with E-state index in [0.717, 1.165) is 16.9 Å². The molecule has 0 aliphatic carbocycles. The Morgan fingerprint density at radius 2 is 1.84 bits per heavy atom. The van der Waals surface area contributed by atoms with Gasteiger partial charge in [0.15, 0.2) is 5.16 Å².